The maximum Gasteiger partial charge on any atom is 0.306 e. The molecule has 16 heavy (non-hydrogen) atoms. The van der Waals surface area contributed by atoms with Crippen molar-refractivity contribution >= 4 is 11.7 Å². The highest BCUT2D eigenvalue weighted by Crippen LogP contribution is 2.13. The Hall–Kier alpha value is -1.62. The van der Waals surface area contributed by atoms with Crippen LogP contribution in [0, 0.1) is 12.7 Å². The lowest BCUT2D eigenvalue weighted by Crippen LogP contribution is -2.22. The normalized spacial score (nSPS) is 12.2. The maximum absolute atomic E-state index is 12.9. The summed E-state index contributed by atoms with van der Waals surface area (Å²) in [5.74, 6) is -1.35. The van der Waals surface area contributed by atoms with E-state index in [1.54, 1.807) is 13.0 Å². The van der Waals surface area contributed by atoms with Crippen molar-refractivity contribution in [3.05, 3.63) is 29.6 Å². The number of aliphatic hydroxyl groups is 1. The van der Waals surface area contributed by atoms with Crippen LogP contribution in [-0.2, 0) is 4.79 Å². The van der Waals surface area contributed by atoms with Gasteiger partial charge in [0.25, 0.3) is 0 Å². The van der Waals surface area contributed by atoms with Crippen LogP contribution >= 0.6 is 0 Å². The molecule has 5 heteroatoms. The van der Waals surface area contributed by atoms with E-state index in [1.807, 2.05) is 0 Å². The van der Waals surface area contributed by atoms with Crippen molar-refractivity contribution in [3.8, 4) is 0 Å². The van der Waals surface area contributed by atoms with E-state index in [2.05, 4.69) is 5.32 Å². The van der Waals surface area contributed by atoms with E-state index in [0.29, 0.717) is 11.3 Å². The predicted octanol–water partition coefficient (Wildman–Crippen LogP) is 1.38. The van der Waals surface area contributed by atoms with Crippen molar-refractivity contribution in [3.63, 3.8) is 0 Å². The van der Waals surface area contributed by atoms with Crippen LogP contribution in [0.3, 0.4) is 0 Å². The third-order valence-corrected chi connectivity index (χ3v) is 2.11. The summed E-state index contributed by atoms with van der Waals surface area (Å²) in [5, 5.41) is 20.5. The molecule has 0 saturated heterocycles. The molecule has 0 aromatic heterocycles. The summed E-state index contributed by atoms with van der Waals surface area (Å²) in [5.41, 5.74) is 1.15. The van der Waals surface area contributed by atoms with Crippen LogP contribution in [0.25, 0.3) is 0 Å². The van der Waals surface area contributed by atoms with Gasteiger partial charge in [-0.3, -0.25) is 4.79 Å². The first-order chi connectivity index (χ1) is 7.49. The number of hydrogen-bond donors (Lipinski definition) is 3. The number of aryl methyl sites for hydroxylation is 1. The highest BCUT2D eigenvalue weighted by atomic mass is 19.1. The Kier molecular flexibility index (Phi) is 4.25. The average molecular weight is 227 g/mol. The number of hydrogen-bond acceptors (Lipinski definition) is 3. The first kappa shape index (κ1) is 12.4. The van der Waals surface area contributed by atoms with Gasteiger partial charge in [0.05, 0.1) is 12.5 Å². The van der Waals surface area contributed by atoms with Crippen molar-refractivity contribution in [1.82, 2.24) is 0 Å². The molecule has 0 aliphatic heterocycles. The van der Waals surface area contributed by atoms with Crippen molar-refractivity contribution in [2.75, 3.05) is 11.9 Å². The van der Waals surface area contributed by atoms with Crippen LogP contribution in [0.15, 0.2) is 18.2 Å². The maximum atomic E-state index is 12.9. The van der Waals surface area contributed by atoms with Gasteiger partial charge in [-0.05, 0) is 30.7 Å². The highest BCUT2D eigenvalue weighted by molar-refractivity contribution is 5.67. The van der Waals surface area contributed by atoms with E-state index < -0.39 is 12.1 Å². The summed E-state index contributed by atoms with van der Waals surface area (Å²) in [6.45, 7) is 1.76. The molecular weight excluding hydrogens is 213 g/mol. The van der Waals surface area contributed by atoms with Gasteiger partial charge in [-0.2, -0.15) is 0 Å². The highest BCUT2D eigenvalue weighted by Gasteiger charge is 2.09. The SMILES string of the molecule is Cc1cc(NCC(O)CC(=O)O)ccc1F. The summed E-state index contributed by atoms with van der Waals surface area (Å²) in [6.07, 6.45) is -1.27. The van der Waals surface area contributed by atoms with Crippen LogP contribution in [0.1, 0.15) is 12.0 Å². The monoisotopic (exact) mass is 227 g/mol. The number of carbonyl (C=O) groups is 1. The molecule has 3 N–H and O–H groups in total. The van der Waals surface area contributed by atoms with Crippen molar-refractivity contribution < 1.29 is 19.4 Å². The van der Waals surface area contributed by atoms with Crippen LogP contribution < -0.4 is 5.32 Å². The Morgan fingerprint density at radius 3 is 2.81 bits per heavy atom. The molecule has 0 bridgehead atoms. The second-order valence-corrected chi connectivity index (χ2v) is 3.60. The summed E-state index contributed by atoms with van der Waals surface area (Å²) < 4.78 is 12.9. The van der Waals surface area contributed by atoms with Gasteiger partial charge in [0.1, 0.15) is 5.82 Å². The van der Waals surface area contributed by atoms with E-state index in [0.717, 1.165) is 0 Å². The molecule has 1 unspecified atom stereocenters. The van der Waals surface area contributed by atoms with Gasteiger partial charge in [-0.1, -0.05) is 0 Å². The third-order valence-electron chi connectivity index (χ3n) is 2.11. The number of nitrogens with one attached hydrogen (secondary N) is 1. The Labute approximate surface area is 92.7 Å². The molecule has 0 amide bonds. The summed E-state index contributed by atoms with van der Waals surface area (Å²) in [6, 6.07) is 4.46. The minimum Gasteiger partial charge on any atom is -0.481 e. The van der Waals surface area contributed by atoms with Crippen LogP contribution in [0.4, 0.5) is 10.1 Å². The molecule has 1 aromatic rings. The largest absolute Gasteiger partial charge is 0.481 e. The molecule has 0 saturated carbocycles. The lowest BCUT2D eigenvalue weighted by molar-refractivity contribution is -0.138. The quantitative estimate of drug-likeness (QED) is 0.710. The average Bonchev–Trinajstić information content (AvgIpc) is 2.19. The van der Waals surface area contributed by atoms with Gasteiger partial charge in [0.2, 0.25) is 0 Å². The number of benzene rings is 1. The van der Waals surface area contributed by atoms with Crippen molar-refractivity contribution in [1.29, 1.82) is 0 Å². The zero-order valence-corrected chi connectivity index (χ0v) is 8.90. The number of aliphatic carboxylic acids is 1. The fourth-order valence-electron chi connectivity index (χ4n) is 1.26. The van der Waals surface area contributed by atoms with E-state index in [1.165, 1.54) is 12.1 Å². The Morgan fingerprint density at radius 2 is 2.25 bits per heavy atom. The Morgan fingerprint density at radius 1 is 1.56 bits per heavy atom. The molecule has 0 radical (unpaired) electrons. The number of halogens is 1. The van der Waals surface area contributed by atoms with E-state index >= 15 is 0 Å². The molecule has 0 heterocycles. The van der Waals surface area contributed by atoms with Gasteiger partial charge in [-0.25, -0.2) is 4.39 Å². The topological polar surface area (TPSA) is 69.6 Å². The number of aliphatic hydroxyl groups excluding tert-OH is 1. The minimum atomic E-state index is -1.05. The lowest BCUT2D eigenvalue weighted by atomic mass is 10.2. The molecule has 88 valence electrons. The molecular formula is C11H14FNO3. The van der Waals surface area contributed by atoms with Gasteiger partial charge in [-0.15, -0.1) is 0 Å². The van der Waals surface area contributed by atoms with Gasteiger partial charge >= 0.3 is 5.97 Å². The number of rotatable bonds is 5. The third kappa shape index (κ3) is 3.86. The zero-order valence-electron chi connectivity index (χ0n) is 8.90. The van der Waals surface area contributed by atoms with Gasteiger partial charge in [0.15, 0.2) is 0 Å². The van der Waals surface area contributed by atoms with Gasteiger partial charge in [0, 0.05) is 12.2 Å². The molecule has 4 nitrogen and oxygen atoms in total. The standard InChI is InChI=1S/C11H14FNO3/c1-7-4-8(2-3-10(7)12)13-6-9(14)5-11(15)16/h2-4,9,13-14H,5-6H2,1H3,(H,15,16). The van der Waals surface area contributed by atoms with Crippen molar-refractivity contribution in [2.24, 2.45) is 0 Å². The number of anilines is 1. The smallest absolute Gasteiger partial charge is 0.306 e. The lowest BCUT2D eigenvalue weighted by Gasteiger charge is -2.11. The van der Waals surface area contributed by atoms with E-state index in [-0.39, 0.29) is 18.8 Å². The molecule has 1 aromatic carbocycles. The molecule has 1 atom stereocenters. The molecule has 0 aliphatic rings. The summed E-state index contributed by atoms with van der Waals surface area (Å²) in [4.78, 5) is 10.3. The minimum absolute atomic E-state index is 0.122. The van der Waals surface area contributed by atoms with Crippen molar-refractivity contribution in [2.45, 2.75) is 19.4 Å². The summed E-state index contributed by atoms with van der Waals surface area (Å²) in [7, 11) is 0. The zero-order chi connectivity index (χ0) is 12.1. The second-order valence-electron chi connectivity index (χ2n) is 3.60. The molecule has 0 fully saturated rings. The Bertz CT molecular complexity index is 381. The van der Waals surface area contributed by atoms with Crippen LogP contribution in [0.5, 0.6) is 0 Å². The first-order valence-electron chi connectivity index (χ1n) is 4.89. The van der Waals surface area contributed by atoms with Crippen LogP contribution in [-0.4, -0.2) is 28.8 Å². The fourth-order valence-corrected chi connectivity index (χ4v) is 1.26. The molecule has 0 spiro atoms. The molecule has 1 rings (SSSR count). The van der Waals surface area contributed by atoms with E-state index in [9.17, 15) is 14.3 Å². The number of carboxylic acid groups (broad SMARTS) is 1. The Balaban J connectivity index is 2.48. The number of carboxylic acids is 1. The molecule has 0 aliphatic carbocycles. The second kappa shape index (κ2) is 5.46. The summed E-state index contributed by atoms with van der Waals surface area (Å²) >= 11 is 0. The predicted molar refractivity (Wildman–Crippen MR) is 57.9 cm³/mol. The first-order valence-corrected chi connectivity index (χ1v) is 4.89. The van der Waals surface area contributed by atoms with Gasteiger partial charge < -0.3 is 15.5 Å². The van der Waals surface area contributed by atoms with Crippen LogP contribution in [0.2, 0.25) is 0 Å². The van der Waals surface area contributed by atoms with E-state index in [4.69, 9.17) is 5.11 Å². The fraction of sp³-hybridized carbons (Fsp3) is 0.364.